The number of aliphatic hydroxyl groups is 1. The SMILES string of the molecule is CCC(C)NC(=O)CCn1c(CO)nnc1SCC(=O)O. The number of nitrogens with zero attached hydrogens (tertiary/aromatic N) is 3. The first-order valence-corrected chi connectivity index (χ1v) is 7.63. The minimum atomic E-state index is -0.963. The molecule has 8 nitrogen and oxygen atoms in total. The van der Waals surface area contributed by atoms with Gasteiger partial charge in [-0.2, -0.15) is 0 Å². The summed E-state index contributed by atoms with van der Waals surface area (Å²) >= 11 is 1.01. The van der Waals surface area contributed by atoms with Gasteiger partial charge in [0, 0.05) is 19.0 Å². The molecule has 21 heavy (non-hydrogen) atoms. The van der Waals surface area contributed by atoms with Crippen LogP contribution in [0, 0.1) is 0 Å². The van der Waals surface area contributed by atoms with E-state index in [4.69, 9.17) is 5.11 Å². The number of hydrogen-bond acceptors (Lipinski definition) is 6. The largest absolute Gasteiger partial charge is 0.481 e. The summed E-state index contributed by atoms with van der Waals surface area (Å²) in [6.45, 7) is 3.89. The number of rotatable bonds is 9. The van der Waals surface area contributed by atoms with Crippen LogP contribution in [0.2, 0.25) is 0 Å². The maximum Gasteiger partial charge on any atom is 0.313 e. The van der Waals surface area contributed by atoms with E-state index in [-0.39, 0.29) is 30.7 Å². The van der Waals surface area contributed by atoms with Crippen molar-refractivity contribution in [2.24, 2.45) is 0 Å². The van der Waals surface area contributed by atoms with E-state index in [2.05, 4.69) is 15.5 Å². The third-order valence-corrected chi connectivity index (χ3v) is 3.79. The molecule has 0 radical (unpaired) electrons. The van der Waals surface area contributed by atoms with Gasteiger partial charge >= 0.3 is 5.97 Å². The van der Waals surface area contributed by atoms with Crippen LogP contribution < -0.4 is 5.32 Å². The van der Waals surface area contributed by atoms with Crippen molar-refractivity contribution in [3.63, 3.8) is 0 Å². The zero-order valence-corrected chi connectivity index (χ0v) is 12.9. The second kappa shape index (κ2) is 8.63. The number of carbonyl (C=O) groups excluding carboxylic acids is 1. The van der Waals surface area contributed by atoms with Crippen molar-refractivity contribution in [2.45, 2.75) is 51.0 Å². The molecule has 1 heterocycles. The molecule has 0 aliphatic heterocycles. The van der Waals surface area contributed by atoms with Crippen molar-refractivity contribution < 1.29 is 19.8 Å². The van der Waals surface area contributed by atoms with Crippen molar-refractivity contribution in [3.05, 3.63) is 5.82 Å². The summed E-state index contributed by atoms with van der Waals surface area (Å²) in [6, 6.07) is 0.108. The van der Waals surface area contributed by atoms with Crippen LogP contribution in [0.4, 0.5) is 0 Å². The van der Waals surface area contributed by atoms with Crippen molar-refractivity contribution in [3.8, 4) is 0 Å². The highest BCUT2D eigenvalue weighted by atomic mass is 32.2. The first-order chi connectivity index (χ1) is 9.97. The van der Waals surface area contributed by atoms with Gasteiger partial charge in [-0.1, -0.05) is 18.7 Å². The van der Waals surface area contributed by atoms with E-state index < -0.39 is 5.97 Å². The van der Waals surface area contributed by atoms with E-state index >= 15 is 0 Å². The standard InChI is InChI=1S/C12H20N4O4S/c1-3-8(2)13-10(18)4-5-16-9(6-17)14-15-12(16)21-7-11(19)20/h8,17H,3-7H2,1-2H3,(H,13,18)(H,19,20). The second-order valence-electron chi connectivity index (χ2n) is 4.52. The monoisotopic (exact) mass is 316 g/mol. The molecule has 0 aromatic carbocycles. The summed E-state index contributed by atoms with van der Waals surface area (Å²) in [5.41, 5.74) is 0. The van der Waals surface area contributed by atoms with E-state index in [9.17, 15) is 14.7 Å². The van der Waals surface area contributed by atoms with Crippen LogP contribution in [-0.4, -0.2) is 48.6 Å². The molecular weight excluding hydrogens is 296 g/mol. The molecule has 1 atom stereocenters. The summed E-state index contributed by atoms with van der Waals surface area (Å²) in [6.07, 6.45) is 1.07. The summed E-state index contributed by atoms with van der Waals surface area (Å²) in [5, 5.41) is 28.7. The number of carboxylic acid groups (broad SMARTS) is 1. The lowest BCUT2D eigenvalue weighted by Crippen LogP contribution is -2.32. The fourth-order valence-corrected chi connectivity index (χ4v) is 2.26. The maximum absolute atomic E-state index is 11.8. The number of hydrogen-bond donors (Lipinski definition) is 3. The Bertz CT molecular complexity index is 492. The molecule has 0 aliphatic rings. The highest BCUT2D eigenvalue weighted by Crippen LogP contribution is 2.17. The fourth-order valence-electron chi connectivity index (χ4n) is 1.56. The van der Waals surface area contributed by atoms with Gasteiger partial charge in [0.15, 0.2) is 11.0 Å². The Kier molecular flexibility index (Phi) is 7.17. The van der Waals surface area contributed by atoms with E-state index in [1.807, 2.05) is 13.8 Å². The van der Waals surface area contributed by atoms with E-state index in [0.29, 0.717) is 17.5 Å². The van der Waals surface area contributed by atoms with E-state index in [1.54, 1.807) is 4.57 Å². The van der Waals surface area contributed by atoms with Gasteiger partial charge in [-0.15, -0.1) is 10.2 Å². The number of amides is 1. The molecule has 3 N–H and O–H groups in total. The number of aliphatic hydroxyl groups excluding tert-OH is 1. The first kappa shape index (κ1) is 17.4. The molecule has 0 fully saturated rings. The molecule has 0 aliphatic carbocycles. The van der Waals surface area contributed by atoms with Crippen LogP contribution in [0.15, 0.2) is 5.16 Å². The molecule has 1 unspecified atom stereocenters. The summed E-state index contributed by atoms with van der Waals surface area (Å²) in [5.74, 6) is -0.896. The van der Waals surface area contributed by atoms with Gasteiger partial charge in [0.1, 0.15) is 6.61 Å². The van der Waals surface area contributed by atoms with Crippen molar-refractivity contribution in [1.29, 1.82) is 0 Å². The average Bonchev–Trinajstić information content (AvgIpc) is 2.84. The molecule has 1 amide bonds. The van der Waals surface area contributed by atoms with E-state index in [0.717, 1.165) is 18.2 Å². The van der Waals surface area contributed by atoms with Gasteiger partial charge < -0.3 is 20.1 Å². The average molecular weight is 316 g/mol. The molecule has 1 rings (SSSR count). The topological polar surface area (TPSA) is 117 Å². The molecule has 118 valence electrons. The number of thioether (sulfide) groups is 1. The molecule has 0 spiro atoms. The van der Waals surface area contributed by atoms with Crippen LogP contribution in [0.25, 0.3) is 0 Å². The zero-order valence-electron chi connectivity index (χ0n) is 12.1. The first-order valence-electron chi connectivity index (χ1n) is 6.64. The predicted octanol–water partition coefficient (Wildman–Crippen LogP) is 0.252. The Hall–Kier alpha value is -1.61. The minimum absolute atomic E-state index is 0.101. The number of aromatic nitrogens is 3. The smallest absolute Gasteiger partial charge is 0.313 e. The summed E-state index contributed by atoms with van der Waals surface area (Å²) in [7, 11) is 0. The molecule has 1 aromatic rings. The molecule has 0 bridgehead atoms. The Balaban J connectivity index is 2.65. The minimum Gasteiger partial charge on any atom is -0.481 e. The highest BCUT2D eigenvalue weighted by Gasteiger charge is 2.15. The van der Waals surface area contributed by atoms with Gasteiger partial charge in [0.25, 0.3) is 0 Å². The molecule has 0 saturated heterocycles. The lowest BCUT2D eigenvalue weighted by Gasteiger charge is -2.12. The number of carboxylic acids is 1. The van der Waals surface area contributed by atoms with Gasteiger partial charge in [-0.3, -0.25) is 9.59 Å². The van der Waals surface area contributed by atoms with Gasteiger partial charge in [-0.25, -0.2) is 0 Å². The zero-order chi connectivity index (χ0) is 15.8. The van der Waals surface area contributed by atoms with Gasteiger partial charge in [0.05, 0.1) is 5.75 Å². The van der Waals surface area contributed by atoms with Crippen LogP contribution in [0.3, 0.4) is 0 Å². The maximum atomic E-state index is 11.8. The Morgan fingerprint density at radius 2 is 2.14 bits per heavy atom. The molecule has 1 aromatic heterocycles. The lowest BCUT2D eigenvalue weighted by atomic mass is 10.2. The molecule has 0 saturated carbocycles. The summed E-state index contributed by atoms with van der Waals surface area (Å²) in [4.78, 5) is 22.3. The Morgan fingerprint density at radius 3 is 2.71 bits per heavy atom. The number of aliphatic carboxylic acids is 1. The van der Waals surface area contributed by atoms with Crippen LogP contribution in [0.5, 0.6) is 0 Å². The van der Waals surface area contributed by atoms with Gasteiger partial charge in [0.2, 0.25) is 5.91 Å². The normalized spacial score (nSPS) is 12.1. The third-order valence-electron chi connectivity index (χ3n) is 2.84. The van der Waals surface area contributed by atoms with Crippen LogP contribution >= 0.6 is 11.8 Å². The number of carbonyl (C=O) groups is 2. The lowest BCUT2D eigenvalue weighted by molar-refractivity contribution is -0.134. The van der Waals surface area contributed by atoms with Crippen molar-refractivity contribution in [2.75, 3.05) is 5.75 Å². The quantitative estimate of drug-likeness (QED) is 0.559. The second-order valence-corrected chi connectivity index (χ2v) is 5.46. The number of nitrogens with one attached hydrogen (secondary N) is 1. The third kappa shape index (κ3) is 5.72. The molecule has 9 heteroatoms. The fraction of sp³-hybridized carbons (Fsp3) is 0.667. The summed E-state index contributed by atoms with van der Waals surface area (Å²) < 4.78 is 1.57. The Labute approximate surface area is 126 Å². The van der Waals surface area contributed by atoms with Crippen LogP contribution in [-0.2, 0) is 22.7 Å². The van der Waals surface area contributed by atoms with Gasteiger partial charge in [-0.05, 0) is 13.3 Å². The van der Waals surface area contributed by atoms with Crippen molar-refractivity contribution >= 4 is 23.6 Å². The molecular formula is C12H20N4O4S. The predicted molar refractivity (Wildman–Crippen MR) is 76.8 cm³/mol. The Morgan fingerprint density at radius 1 is 1.43 bits per heavy atom. The van der Waals surface area contributed by atoms with E-state index in [1.165, 1.54) is 0 Å². The highest BCUT2D eigenvalue weighted by molar-refractivity contribution is 7.99. The van der Waals surface area contributed by atoms with Crippen LogP contribution in [0.1, 0.15) is 32.5 Å². The van der Waals surface area contributed by atoms with Crippen molar-refractivity contribution in [1.82, 2.24) is 20.1 Å².